The van der Waals surface area contributed by atoms with E-state index < -0.39 is 15.4 Å². The predicted octanol–water partition coefficient (Wildman–Crippen LogP) is 1.68. The zero-order chi connectivity index (χ0) is 12.4. The molecule has 3 nitrogen and oxygen atoms in total. The molecule has 0 amide bonds. The highest BCUT2D eigenvalue weighted by molar-refractivity contribution is 7.99. The Kier molecular flexibility index (Phi) is 3.80. The van der Waals surface area contributed by atoms with E-state index in [0.29, 0.717) is 6.42 Å². The minimum atomic E-state index is -2.88. The molecule has 1 aliphatic rings. The number of hydrogen-bond acceptors (Lipinski definition) is 4. The van der Waals surface area contributed by atoms with Gasteiger partial charge in [0.05, 0.1) is 11.5 Å². The summed E-state index contributed by atoms with van der Waals surface area (Å²) >= 11 is 1.73. The molecule has 1 aromatic rings. The van der Waals surface area contributed by atoms with Crippen LogP contribution in [0, 0.1) is 0 Å². The van der Waals surface area contributed by atoms with E-state index in [1.54, 1.807) is 11.8 Å². The van der Waals surface area contributed by atoms with Crippen LogP contribution < -0.4 is 5.73 Å². The molecule has 0 bridgehead atoms. The van der Waals surface area contributed by atoms with Crippen molar-refractivity contribution in [1.82, 2.24) is 0 Å². The van der Waals surface area contributed by atoms with Gasteiger partial charge in [-0.25, -0.2) is 8.42 Å². The SMILES string of the molecule is NC1(CCSc2ccccc2)CCS(=O)(=O)C1. The second kappa shape index (κ2) is 5.00. The summed E-state index contributed by atoms with van der Waals surface area (Å²) in [5, 5.41) is 0. The van der Waals surface area contributed by atoms with Crippen LogP contribution in [0.15, 0.2) is 35.2 Å². The van der Waals surface area contributed by atoms with E-state index in [4.69, 9.17) is 5.73 Å². The first-order valence-electron chi connectivity index (χ1n) is 5.66. The first-order valence-corrected chi connectivity index (χ1v) is 8.47. The molecule has 1 fully saturated rings. The second-order valence-electron chi connectivity index (χ2n) is 4.62. The van der Waals surface area contributed by atoms with Crippen molar-refractivity contribution in [2.45, 2.75) is 23.3 Å². The maximum Gasteiger partial charge on any atom is 0.152 e. The molecule has 1 aromatic carbocycles. The fourth-order valence-electron chi connectivity index (χ4n) is 2.03. The van der Waals surface area contributed by atoms with Crippen molar-refractivity contribution in [2.75, 3.05) is 17.3 Å². The Morgan fingerprint density at radius 3 is 2.59 bits per heavy atom. The fraction of sp³-hybridized carbons (Fsp3) is 0.500. The minimum Gasteiger partial charge on any atom is -0.324 e. The van der Waals surface area contributed by atoms with Crippen molar-refractivity contribution < 1.29 is 8.42 Å². The van der Waals surface area contributed by atoms with Crippen LogP contribution in [0.4, 0.5) is 0 Å². The van der Waals surface area contributed by atoms with Gasteiger partial charge in [-0.3, -0.25) is 0 Å². The highest BCUT2D eigenvalue weighted by Crippen LogP contribution is 2.27. The van der Waals surface area contributed by atoms with E-state index in [0.717, 1.165) is 12.2 Å². The predicted molar refractivity (Wildman–Crippen MR) is 72.0 cm³/mol. The van der Waals surface area contributed by atoms with Crippen LogP contribution in [0.3, 0.4) is 0 Å². The molecule has 1 unspecified atom stereocenters. The van der Waals surface area contributed by atoms with Crippen molar-refractivity contribution >= 4 is 21.6 Å². The van der Waals surface area contributed by atoms with E-state index in [-0.39, 0.29) is 11.5 Å². The Morgan fingerprint density at radius 1 is 1.29 bits per heavy atom. The normalized spacial score (nSPS) is 27.1. The molecule has 0 aromatic heterocycles. The molecule has 5 heteroatoms. The first-order chi connectivity index (χ1) is 7.99. The van der Waals surface area contributed by atoms with Crippen LogP contribution in [0.2, 0.25) is 0 Å². The lowest BCUT2D eigenvalue weighted by Gasteiger charge is -2.21. The summed E-state index contributed by atoms with van der Waals surface area (Å²) in [6, 6.07) is 10.1. The Hall–Kier alpha value is -0.520. The maximum atomic E-state index is 11.4. The number of rotatable bonds is 4. The molecular formula is C12H17NO2S2. The van der Waals surface area contributed by atoms with Crippen LogP contribution in [0.25, 0.3) is 0 Å². The number of nitrogens with two attached hydrogens (primary N) is 1. The molecule has 0 radical (unpaired) electrons. The summed E-state index contributed by atoms with van der Waals surface area (Å²) in [5.74, 6) is 1.27. The van der Waals surface area contributed by atoms with Gasteiger partial charge in [-0.1, -0.05) is 18.2 Å². The van der Waals surface area contributed by atoms with E-state index >= 15 is 0 Å². The van der Waals surface area contributed by atoms with Gasteiger partial charge < -0.3 is 5.73 Å². The first kappa shape index (κ1) is 12.9. The number of benzene rings is 1. The maximum absolute atomic E-state index is 11.4. The highest BCUT2D eigenvalue weighted by atomic mass is 32.2. The third kappa shape index (κ3) is 3.72. The van der Waals surface area contributed by atoms with Crippen molar-refractivity contribution in [1.29, 1.82) is 0 Å². The van der Waals surface area contributed by atoms with Gasteiger partial charge in [0.25, 0.3) is 0 Å². The second-order valence-corrected chi connectivity index (χ2v) is 7.97. The van der Waals surface area contributed by atoms with Crippen molar-refractivity contribution in [2.24, 2.45) is 5.73 Å². The van der Waals surface area contributed by atoms with Crippen molar-refractivity contribution in [3.8, 4) is 0 Å². The quantitative estimate of drug-likeness (QED) is 0.847. The summed E-state index contributed by atoms with van der Waals surface area (Å²) in [6.07, 6.45) is 1.36. The van der Waals surface area contributed by atoms with Crippen LogP contribution >= 0.6 is 11.8 Å². The molecule has 1 saturated heterocycles. The van der Waals surface area contributed by atoms with E-state index in [9.17, 15) is 8.42 Å². The topological polar surface area (TPSA) is 60.2 Å². The number of hydrogen-bond donors (Lipinski definition) is 1. The Bertz CT molecular complexity index is 473. The molecular weight excluding hydrogens is 254 g/mol. The molecule has 1 heterocycles. The van der Waals surface area contributed by atoms with Crippen molar-refractivity contribution in [3.63, 3.8) is 0 Å². The summed E-state index contributed by atoms with van der Waals surface area (Å²) in [5.41, 5.74) is 5.61. The number of sulfone groups is 1. The molecule has 2 rings (SSSR count). The summed E-state index contributed by atoms with van der Waals surface area (Å²) in [4.78, 5) is 1.21. The van der Waals surface area contributed by atoms with Gasteiger partial charge in [0.15, 0.2) is 9.84 Å². The van der Waals surface area contributed by atoms with Gasteiger partial charge in [0, 0.05) is 10.4 Å². The van der Waals surface area contributed by atoms with E-state index in [1.807, 2.05) is 18.2 Å². The molecule has 0 aliphatic carbocycles. The average Bonchev–Trinajstić information content (AvgIpc) is 2.55. The Morgan fingerprint density at radius 2 is 2.00 bits per heavy atom. The van der Waals surface area contributed by atoms with E-state index in [1.165, 1.54) is 4.90 Å². The van der Waals surface area contributed by atoms with Gasteiger partial charge in [0.2, 0.25) is 0 Å². The van der Waals surface area contributed by atoms with Gasteiger partial charge in [-0.15, -0.1) is 11.8 Å². The standard InChI is InChI=1S/C12H17NO2S2/c13-12(7-9-17(14,15)10-12)6-8-16-11-4-2-1-3-5-11/h1-5H,6-10,13H2. The zero-order valence-corrected chi connectivity index (χ0v) is 11.3. The molecule has 94 valence electrons. The highest BCUT2D eigenvalue weighted by Gasteiger charge is 2.38. The number of thioether (sulfide) groups is 1. The Balaban J connectivity index is 1.83. The largest absolute Gasteiger partial charge is 0.324 e. The van der Waals surface area contributed by atoms with Crippen LogP contribution in [0.1, 0.15) is 12.8 Å². The molecule has 0 spiro atoms. The molecule has 1 atom stereocenters. The van der Waals surface area contributed by atoms with Crippen molar-refractivity contribution in [3.05, 3.63) is 30.3 Å². The molecule has 17 heavy (non-hydrogen) atoms. The lowest BCUT2D eigenvalue weighted by molar-refractivity contribution is 0.467. The molecule has 0 saturated carbocycles. The van der Waals surface area contributed by atoms with Gasteiger partial charge >= 0.3 is 0 Å². The van der Waals surface area contributed by atoms with Crippen LogP contribution in [0.5, 0.6) is 0 Å². The fourth-order valence-corrected chi connectivity index (χ4v) is 5.15. The zero-order valence-electron chi connectivity index (χ0n) is 9.63. The third-order valence-corrected chi connectivity index (χ3v) is 5.88. The summed E-state index contributed by atoms with van der Waals surface area (Å²) in [7, 11) is -2.88. The van der Waals surface area contributed by atoms with Crippen LogP contribution in [-0.4, -0.2) is 31.2 Å². The van der Waals surface area contributed by atoms with E-state index in [2.05, 4.69) is 12.1 Å². The van der Waals surface area contributed by atoms with Gasteiger partial charge in [0.1, 0.15) is 0 Å². The average molecular weight is 271 g/mol. The molecule has 2 N–H and O–H groups in total. The van der Waals surface area contributed by atoms with Gasteiger partial charge in [-0.2, -0.15) is 0 Å². The Labute approximate surface area is 107 Å². The minimum absolute atomic E-state index is 0.148. The lowest BCUT2D eigenvalue weighted by atomic mass is 9.97. The van der Waals surface area contributed by atoms with Gasteiger partial charge in [-0.05, 0) is 30.7 Å². The monoisotopic (exact) mass is 271 g/mol. The smallest absolute Gasteiger partial charge is 0.152 e. The summed E-state index contributed by atoms with van der Waals surface area (Å²) < 4.78 is 22.8. The third-order valence-electron chi connectivity index (χ3n) is 3.03. The lowest BCUT2D eigenvalue weighted by Crippen LogP contribution is -2.41. The van der Waals surface area contributed by atoms with Crippen LogP contribution in [-0.2, 0) is 9.84 Å². The summed E-state index contributed by atoms with van der Waals surface area (Å²) in [6.45, 7) is 0. The molecule has 1 aliphatic heterocycles.